The Morgan fingerprint density at radius 2 is 2.23 bits per heavy atom. The summed E-state index contributed by atoms with van der Waals surface area (Å²) in [5.74, 6) is 2.17. The van der Waals surface area contributed by atoms with Crippen molar-refractivity contribution in [1.82, 2.24) is 14.9 Å². The van der Waals surface area contributed by atoms with Gasteiger partial charge in [0.15, 0.2) is 17.3 Å². The summed E-state index contributed by atoms with van der Waals surface area (Å²) in [5, 5.41) is 13.6. The molecule has 0 fully saturated rings. The quantitative estimate of drug-likeness (QED) is 0.462. The summed E-state index contributed by atoms with van der Waals surface area (Å²) < 4.78 is 13.2. The van der Waals surface area contributed by atoms with Gasteiger partial charge in [-0.05, 0) is 53.8 Å². The number of benzene rings is 1. The molecule has 1 aromatic carbocycles. The van der Waals surface area contributed by atoms with E-state index < -0.39 is 0 Å². The summed E-state index contributed by atoms with van der Waals surface area (Å²) in [4.78, 5) is 1.20. The normalized spacial score (nSPS) is 11.2. The lowest BCUT2D eigenvalue weighted by Gasteiger charge is -2.10. The number of rotatable bonds is 8. The zero-order valence-electron chi connectivity index (χ0n) is 14.6. The molecule has 0 atom stereocenters. The Labute approximate surface area is 161 Å². The molecule has 0 aliphatic heterocycles. The van der Waals surface area contributed by atoms with Crippen LogP contribution in [0.4, 0.5) is 0 Å². The van der Waals surface area contributed by atoms with Crippen molar-refractivity contribution < 1.29 is 9.47 Å². The molecule has 2 heterocycles. The molecular formula is C18H20N4O2S2. The molecule has 0 saturated carbocycles. The lowest BCUT2D eigenvalue weighted by molar-refractivity contribution is 0.294. The van der Waals surface area contributed by atoms with E-state index in [1.165, 1.54) is 4.88 Å². The molecule has 3 rings (SSSR count). The average molecular weight is 389 g/mol. The first-order valence-corrected chi connectivity index (χ1v) is 9.54. The van der Waals surface area contributed by atoms with E-state index in [0.29, 0.717) is 23.5 Å². The van der Waals surface area contributed by atoms with E-state index in [1.54, 1.807) is 29.3 Å². The van der Waals surface area contributed by atoms with E-state index in [-0.39, 0.29) is 0 Å². The lowest BCUT2D eigenvalue weighted by Crippen LogP contribution is -2.00. The minimum atomic E-state index is 0.461. The van der Waals surface area contributed by atoms with Crippen LogP contribution >= 0.6 is 23.6 Å². The second-order valence-corrected chi connectivity index (χ2v) is 6.94. The standard InChI is InChI=1S/C18H20N4O2S2/c1-3-8-24-15-7-6-13(10-16(15)23-2)12-19-22-17(20-21-18(22)25)11-14-5-4-9-26-14/h4-7,9-10,12H,3,8,11H2,1-2H3,(H,21,25)/b19-12-. The van der Waals surface area contributed by atoms with Gasteiger partial charge in [0, 0.05) is 11.3 Å². The summed E-state index contributed by atoms with van der Waals surface area (Å²) in [5.41, 5.74) is 0.885. The summed E-state index contributed by atoms with van der Waals surface area (Å²) in [7, 11) is 1.63. The SMILES string of the molecule is CCCOc1ccc(/C=N\n2c(Cc3cccs3)n[nH]c2=S)cc1OC. The van der Waals surface area contributed by atoms with Crippen LogP contribution in [0.25, 0.3) is 0 Å². The first-order valence-electron chi connectivity index (χ1n) is 8.25. The van der Waals surface area contributed by atoms with E-state index >= 15 is 0 Å². The predicted octanol–water partition coefficient (Wildman–Crippen LogP) is 4.27. The van der Waals surface area contributed by atoms with Crippen LogP contribution in [0.3, 0.4) is 0 Å². The molecule has 0 bridgehead atoms. The minimum Gasteiger partial charge on any atom is -0.493 e. The second kappa shape index (κ2) is 8.77. The van der Waals surface area contributed by atoms with Crippen LogP contribution in [0.5, 0.6) is 11.5 Å². The number of ether oxygens (including phenoxy) is 2. The summed E-state index contributed by atoms with van der Waals surface area (Å²) in [6.07, 6.45) is 3.35. The maximum atomic E-state index is 5.67. The van der Waals surface area contributed by atoms with Crippen LogP contribution in [0, 0.1) is 4.77 Å². The lowest BCUT2D eigenvalue weighted by atomic mass is 10.2. The van der Waals surface area contributed by atoms with Crippen LogP contribution in [0.1, 0.15) is 29.6 Å². The molecule has 0 saturated heterocycles. The Bertz CT molecular complexity index is 929. The summed E-state index contributed by atoms with van der Waals surface area (Å²) in [6.45, 7) is 2.72. The minimum absolute atomic E-state index is 0.461. The van der Waals surface area contributed by atoms with Gasteiger partial charge < -0.3 is 9.47 Å². The molecule has 0 unspecified atom stereocenters. The molecule has 0 spiro atoms. The van der Waals surface area contributed by atoms with Gasteiger partial charge in [0.05, 0.1) is 19.9 Å². The van der Waals surface area contributed by atoms with E-state index in [9.17, 15) is 0 Å². The van der Waals surface area contributed by atoms with Crippen molar-refractivity contribution in [2.24, 2.45) is 5.10 Å². The van der Waals surface area contributed by atoms with Gasteiger partial charge in [-0.2, -0.15) is 14.9 Å². The molecule has 8 heteroatoms. The van der Waals surface area contributed by atoms with Gasteiger partial charge in [-0.25, -0.2) is 0 Å². The zero-order chi connectivity index (χ0) is 18.4. The van der Waals surface area contributed by atoms with Gasteiger partial charge in [-0.3, -0.25) is 5.10 Å². The highest BCUT2D eigenvalue weighted by Gasteiger charge is 2.08. The third-order valence-electron chi connectivity index (χ3n) is 3.60. The smallest absolute Gasteiger partial charge is 0.216 e. The van der Waals surface area contributed by atoms with Crippen LogP contribution < -0.4 is 9.47 Å². The number of aromatic nitrogens is 3. The fourth-order valence-corrected chi connectivity index (χ4v) is 3.25. The fraction of sp³-hybridized carbons (Fsp3) is 0.278. The van der Waals surface area contributed by atoms with Gasteiger partial charge in [0.2, 0.25) is 4.77 Å². The highest BCUT2D eigenvalue weighted by atomic mass is 32.1. The molecule has 0 aliphatic rings. The van der Waals surface area contributed by atoms with Crippen molar-refractivity contribution in [2.45, 2.75) is 19.8 Å². The van der Waals surface area contributed by atoms with Crippen molar-refractivity contribution in [2.75, 3.05) is 13.7 Å². The summed E-state index contributed by atoms with van der Waals surface area (Å²) in [6, 6.07) is 9.79. The number of H-pyrrole nitrogens is 1. The maximum absolute atomic E-state index is 5.67. The van der Waals surface area contributed by atoms with Crippen LogP contribution in [-0.4, -0.2) is 34.8 Å². The number of nitrogens with one attached hydrogen (secondary N) is 1. The Morgan fingerprint density at radius 3 is 2.96 bits per heavy atom. The Morgan fingerprint density at radius 1 is 1.35 bits per heavy atom. The van der Waals surface area contributed by atoms with Crippen molar-refractivity contribution in [1.29, 1.82) is 0 Å². The number of aromatic amines is 1. The number of thiophene rings is 1. The predicted molar refractivity (Wildman–Crippen MR) is 106 cm³/mol. The van der Waals surface area contributed by atoms with Crippen molar-refractivity contribution >= 4 is 29.8 Å². The average Bonchev–Trinajstić information content (AvgIpc) is 3.29. The third kappa shape index (κ3) is 4.39. The molecule has 2 aromatic heterocycles. The molecule has 136 valence electrons. The number of hydrogen-bond donors (Lipinski definition) is 1. The molecule has 3 aromatic rings. The van der Waals surface area contributed by atoms with Gasteiger partial charge in [0.25, 0.3) is 0 Å². The monoisotopic (exact) mass is 388 g/mol. The molecule has 1 N–H and O–H groups in total. The molecule has 6 nitrogen and oxygen atoms in total. The topological polar surface area (TPSA) is 64.4 Å². The van der Waals surface area contributed by atoms with Crippen LogP contribution in [0.15, 0.2) is 40.8 Å². The van der Waals surface area contributed by atoms with Crippen LogP contribution in [-0.2, 0) is 6.42 Å². The van der Waals surface area contributed by atoms with Gasteiger partial charge in [-0.1, -0.05) is 13.0 Å². The van der Waals surface area contributed by atoms with Gasteiger partial charge in [0.1, 0.15) is 0 Å². The van der Waals surface area contributed by atoms with Gasteiger partial charge in [-0.15, -0.1) is 11.3 Å². The molecular weight excluding hydrogens is 368 g/mol. The third-order valence-corrected chi connectivity index (χ3v) is 4.74. The fourth-order valence-electron chi connectivity index (χ4n) is 2.35. The van der Waals surface area contributed by atoms with Crippen molar-refractivity contribution in [3.8, 4) is 11.5 Å². The zero-order valence-corrected chi connectivity index (χ0v) is 16.3. The van der Waals surface area contributed by atoms with Gasteiger partial charge >= 0.3 is 0 Å². The Balaban J connectivity index is 1.82. The largest absolute Gasteiger partial charge is 0.493 e. The molecule has 26 heavy (non-hydrogen) atoms. The number of nitrogens with zero attached hydrogens (tertiary/aromatic N) is 3. The Kier molecular flexibility index (Phi) is 6.19. The first-order chi connectivity index (χ1) is 12.7. The number of hydrogen-bond acceptors (Lipinski definition) is 6. The second-order valence-electron chi connectivity index (χ2n) is 5.52. The highest BCUT2D eigenvalue weighted by molar-refractivity contribution is 7.71. The van der Waals surface area contributed by atoms with E-state index in [1.807, 2.05) is 29.6 Å². The maximum Gasteiger partial charge on any atom is 0.216 e. The molecule has 0 amide bonds. The Hall–Kier alpha value is -2.45. The van der Waals surface area contributed by atoms with Crippen LogP contribution in [0.2, 0.25) is 0 Å². The van der Waals surface area contributed by atoms with Crippen molar-refractivity contribution in [3.63, 3.8) is 0 Å². The van der Waals surface area contributed by atoms with E-state index in [4.69, 9.17) is 21.7 Å². The summed E-state index contributed by atoms with van der Waals surface area (Å²) >= 11 is 6.97. The highest BCUT2D eigenvalue weighted by Crippen LogP contribution is 2.27. The first kappa shape index (κ1) is 18.3. The number of methoxy groups -OCH3 is 1. The molecule has 0 radical (unpaired) electrons. The van der Waals surface area contributed by atoms with Crippen molar-refractivity contribution in [3.05, 3.63) is 56.7 Å². The van der Waals surface area contributed by atoms with E-state index in [0.717, 1.165) is 23.6 Å². The van der Waals surface area contributed by atoms with E-state index in [2.05, 4.69) is 28.3 Å². The molecule has 0 aliphatic carbocycles.